The maximum atomic E-state index is 12.5. The number of likely N-dealkylation sites (tertiary alicyclic amines) is 1. The van der Waals surface area contributed by atoms with Gasteiger partial charge in [-0.05, 0) is 58.8 Å². The summed E-state index contributed by atoms with van der Waals surface area (Å²) in [4.78, 5) is 21.5. The Morgan fingerprint density at radius 3 is 2.56 bits per heavy atom. The molecule has 0 bridgehead atoms. The smallest absolute Gasteiger partial charge is 0.228 e. The number of carbonyl (C=O) groups is 1. The Kier molecular flexibility index (Phi) is 6.55. The van der Waals surface area contributed by atoms with E-state index in [4.69, 9.17) is 16.0 Å². The number of hydrogen-bond acceptors (Lipinski definition) is 4. The van der Waals surface area contributed by atoms with Crippen molar-refractivity contribution in [3.05, 3.63) is 40.7 Å². The van der Waals surface area contributed by atoms with Gasteiger partial charge in [-0.1, -0.05) is 23.7 Å². The number of rotatable bonds is 6. The number of carbonyl (C=O) groups excluding carboxylic acids is 1. The summed E-state index contributed by atoms with van der Waals surface area (Å²) >= 11 is 6.26. The first-order valence-electron chi connectivity index (χ1n) is 9.75. The van der Waals surface area contributed by atoms with Crippen molar-refractivity contribution >= 4 is 17.5 Å². The van der Waals surface area contributed by atoms with Gasteiger partial charge in [-0.3, -0.25) is 9.69 Å². The van der Waals surface area contributed by atoms with Crippen molar-refractivity contribution in [2.75, 3.05) is 26.2 Å². The van der Waals surface area contributed by atoms with Gasteiger partial charge in [0.1, 0.15) is 5.76 Å². The highest BCUT2D eigenvalue weighted by Crippen LogP contribution is 2.29. The van der Waals surface area contributed by atoms with Gasteiger partial charge in [0.05, 0.1) is 16.3 Å². The lowest BCUT2D eigenvalue weighted by atomic mass is 9.95. The number of amides is 1. The zero-order valence-electron chi connectivity index (χ0n) is 16.4. The summed E-state index contributed by atoms with van der Waals surface area (Å²) in [6.07, 6.45) is 1.81. The molecule has 1 aliphatic heterocycles. The van der Waals surface area contributed by atoms with Crippen LogP contribution in [0.1, 0.15) is 38.1 Å². The van der Waals surface area contributed by atoms with E-state index in [0.29, 0.717) is 16.8 Å². The quantitative estimate of drug-likeness (QED) is 0.735. The predicted molar refractivity (Wildman–Crippen MR) is 108 cm³/mol. The van der Waals surface area contributed by atoms with Gasteiger partial charge in [0.25, 0.3) is 0 Å². The van der Waals surface area contributed by atoms with E-state index in [1.54, 1.807) is 0 Å². The fourth-order valence-electron chi connectivity index (χ4n) is 3.67. The Hall–Kier alpha value is -1.85. The number of oxazole rings is 1. The molecule has 0 aliphatic carbocycles. The highest BCUT2D eigenvalue weighted by molar-refractivity contribution is 6.33. The topological polar surface area (TPSA) is 49.6 Å². The molecule has 2 aromatic rings. The average Bonchev–Trinajstić information content (AvgIpc) is 3.04. The summed E-state index contributed by atoms with van der Waals surface area (Å²) in [5.41, 5.74) is 1.76. The van der Waals surface area contributed by atoms with Gasteiger partial charge in [0, 0.05) is 25.6 Å². The van der Waals surface area contributed by atoms with Gasteiger partial charge in [0.15, 0.2) is 0 Å². The standard InChI is InChI=1S/C21H28ClN3O2/c1-4-25(5-2)21(26)16-10-12-24(13-11-16)14-19-15(3)27-20(23-19)17-8-6-7-9-18(17)22/h6-9,16H,4-5,10-14H2,1-3H3. The molecule has 0 spiro atoms. The summed E-state index contributed by atoms with van der Waals surface area (Å²) in [5, 5.41) is 0.640. The largest absolute Gasteiger partial charge is 0.441 e. The average molecular weight is 390 g/mol. The molecule has 1 amide bonds. The molecular formula is C21H28ClN3O2. The molecule has 1 aromatic carbocycles. The number of halogens is 1. The van der Waals surface area contributed by atoms with Crippen molar-refractivity contribution in [2.24, 2.45) is 5.92 Å². The maximum Gasteiger partial charge on any atom is 0.228 e. The van der Waals surface area contributed by atoms with E-state index in [0.717, 1.165) is 62.6 Å². The van der Waals surface area contributed by atoms with Crippen molar-refractivity contribution in [3.63, 3.8) is 0 Å². The van der Waals surface area contributed by atoms with Crippen LogP contribution in [0.25, 0.3) is 11.5 Å². The van der Waals surface area contributed by atoms with E-state index in [2.05, 4.69) is 9.88 Å². The third kappa shape index (κ3) is 4.53. The van der Waals surface area contributed by atoms with Gasteiger partial charge in [-0.25, -0.2) is 4.98 Å². The fraction of sp³-hybridized carbons (Fsp3) is 0.524. The minimum absolute atomic E-state index is 0.151. The second kappa shape index (κ2) is 8.89. The third-order valence-corrected chi connectivity index (χ3v) is 5.71. The SMILES string of the molecule is CCN(CC)C(=O)C1CCN(Cc2nc(-c3ccccc3Cl)oc2C)CC1. The molecule has 5 nitrogen and oxygen atoms in total. The van der Waals surface area contributed by atoms with E-state index in [1.807, 2.05) is 49.9 Å². The summed E-state index contributed by atoms with van der Waals surface area (Å²) < 4.78 is 5.86. The molecule has 0 saturated carbocycles. The second-order valence-electron chi connectivity index (χ2n) is 7.06. The summed E-state index contributed by atoms with van der Waals surface area (Å²) in [7, 11) is 0. The van der Waals surface area contributed by atoms with Gasteiger partial charge in [-0.2, -0.15) is 0 Å². The highest BCUT2D eigenvalue weighted by atomic mass is 35.5. The van der Waals surface area contributed by atoms with E-state index in [9.17, 15) is 4.79 Å². The molecule has 0 atom stereocenters. The molecule has 27 heavy (non-hydrogen) atoms. The van der Waals surface area contributed by atoms with Gasteiger partial charge in [-0.15, -0.1) is 0 Å². The van der Waals surface area contributed by atoms with Gasteiger partial charge in [0.2, 0.25) is 11.8 Å². The van der Waals surface area contributed by atoms with E-state index in [-0.39, 0.29) is 5.92 Å². The summed E-state index contributed by atoms with van der Waals surface area (Å²) in [6, 6.07) is 7.58. The normalized spacial score (nSPS) is 15.9. The lowest BCUT2D eigenvalue weighted by molar-refractivity contribution is -0.136. The number of aromatic nitrogens is 1. The predicted octanol–water partition coefficient (Wildman–Crippen LogP) is 4.38. The van der Waals surface area contributed by atoms with Crippen LogP contribution in [0.2, 0.25) is 5.02 Å². The lowest BCUT2D eigenvalue weighted by Crippen LogP contribution is -2.42. The van der Waals surface area contributed by atoms with E-state index >= 15 is 0 Å². The van der Waals surface area contributed by atoms with Crippen LogP contribution in [0, 0.1) is 12.8 Å². The van der Waals surface area contributed by atoms with Crippen LogP contribution in [-0.2, 0) is 11.3 Å². The van der Waals surface area contributed by atoms with Crippen LogP contribution in [0.15, 0.2) is 28.7 Å². The highest BCUT2D eigenvalue weighted by Gasteiger charge is 2.28. The van der Waals surface area contributed by atoms with Crippen molar-refractivity contribution < 1.29 is 9.21 Å². The lowest BCUT2D eigenvalue weighted by Gasteiger charge is -2.33. The molecule has 2 heterocycles. The van der Waals surface area contributed by atoms with Crippen molar-refractivity contribution in [1.29, 1.82) is 0 Å². The maximum absolute atomic E-state index is 12.5. The molecule has 0 radical (unpaired) electrons. The molecule has 1 aromatic heterocycles. The van der Waals surface area contributed by atoms with Crippen LogP contribution < -0.4 is 0 Å². The molecule has 1 aliphatic rings. The Labute approximate surface area is 166 Å². The third-order valence-electron chi connectivity index (χ3n) is 5.38. The molecule has 146 valence electrons. The van der Waals surface area contributed by atoms with Crippen LogP contribution in [-0.4, -0.2) is 46.9 Å². The van der Waals surface area contributed by atoms with Crippen molar-refractivity contribution in [2.45, 2.75) is 40.2 Å². The molecular weight excluding hydrogens is 362 g/mol. The Morgan fingerprint density at radius 2 is 1.93 bits per heavy atom. The minimum Gasteiger partial charge on any atom is -0.441 e. The van der Waals surface area contributed by atoms with Crippen LogP contribution >= 0.6 is 11.6 Å². The first kappa shape index (κ1) is 19.9. The minimum atomic E-state index is 0.151. The summed E-state index contributed by atoms with van der Waals surface area (Å²) in [6.45, 7) is 10.2. The van der Waals surface area contributed by atoms with Crippen molar-refractivity contribution in [3.8, 4) is 11.5 Å². The van der Waals surface area contributed by atoms with Gasteiger partial charge >= 0.3 is 0 Å². The number of aryl methyl sites for hydroxylation is 1. The Bertz CT molecular complexity index is 777. The molecule has 6 heteroatoms. The van der Waals surface area contributed by atoms with Crippen LogP contribution in [0.4, 0.5) is 0 Å². The van der Waals surface area contributed by atoms with Crippen LogP contribution in [0.3, 0.4) is 0 Å². The number of piperidine rings is 1. The van der Waals surface area contributed by atoms with Gasteiger partial charge < -0.3 is 9.32 Å². The zero-order valence-corrected chi connectivity index (χ0v) is 17.1. The first-order valence-corrected chi connectivity index (χ1v) is 10.1. The van der Waals surface area contributed by atoms with E-state index < -0.39 is 0 Å². The molecule has 0 N–H and O–H groups in total. The zero-order chi connectivity index (χ0) is 19.4. The fourth-order valence-corrected chi connectivity index (χ4v) is 3.88. The summed E-state index contributed by atoms with van der Waals surface area (Å²) in [5.74, 6) is 1.85. The number of hydrogen-bond donors (Lipinski definition) is 0. The number of benzene rings is 1. The molecule has 3 rings (SSSR count). The van der Waals surface area contributed by atoms with Crippen LogP contribution in [0.5, 0.6) is 0 Å². The molecule has 1 fully saturated rings. The second-order valence-corrected chi connectivity index (χ2v) is 7.47. The first-order chi connectivity index (χ1) is 13.0. The molecule has 0 unspecified atom stereocenters. The number of nitrogens with zero attached hydrogens (tertiary/aromatic N) is 3. The Balaban J connectivity index is 1.61. The van der Waals surface area contributed by atoms with Crippen molar-refractivity contribution in [1.82, 2.24) is 14.8 Å². The van der Waals surface area contributed by atoms with E-state index in [1.165, 1.54) is 0 Å². The monoisotopic (exact) mass is 389 g/mol. The Morgan fingerprint density at radius 1 is 1.26 bits per heavy atom. The molecule has 1 saturated heterocycles.